The summed E-state index contributed by atoms with van der Waals surface area (Å²) in [7, 11) is 3.89. The Hall–Kier alpha value is -1.84. The first kappa shape index (κ1) is 23.2. The number of aromatic nitrogens is 2. The number of nitrogens with zero attached hydrogens (tertiary/aromatic N) is 5. The number of nitrogens with one attached hydrogen (secondary N) is 1. The van der Waals surface area contributed by atoms with Gasteiger partial charge in [-0.25, -0.2) is 9.98 Å². The van der Waals surface area contributed by atoms with Crippen LogP contribution in [0.15, 0.2) is 29.3 Å². The number of fused-ring (bicyclic) bond motifs is 1. The Bertz CT molecular complexity index is 769. The molecule has 1 N–H and O–H groups in total. The molecule has 8 heteroatoms. The SMILES string of the molecule is CCNC(=NCc1nc2ccccc2n1C)N(C)CC(=O)N(CC)CC.I. The second kappa shape index (κ2) is 11.1. The Labute approximate surface area is 178 Å². The van der Waals surface area contributed by atoms with Gasteiger partial charge in [-0.2, -0.15) is 0 Å². The molecular formula is C19H31IN6O. The smallest absolute Gasteiger partial charge is 0.242 e. The number of aliphatic imine (C=N–C) groups is 1. The molecule has 0 aliphatic carbocycles. The van der Waals surface area contributed by atoms with Crippen LogP contribution in [-0.4, -0.2) is 64.4 Å². The zero-order chi connectivity index (χ0) is 19.1. The van der Waals surface area contributed by atoms with Crippen molar-refractivity contribution in [3.63, 3.8) is 0 Å². The molecule has 0 aliphatic heterocycles. The van der Waals surface area contributed by atoms with Crippen LogP contribution in [0, 0.1) is 0 Å². The number of benzene rings is 1. The Balaban J connectivity index is 0.00000364. The van der Waals surface area contributed by atoms with Crippen molar-refractivity contribution in [2.24, 2.45) is 12.0 Å². The molecule has 27 heavy (non-hydrogen) atoms. The molecule has 0 unspecified atom stereocenters. The molecule has 150 valence electrons. The van der Waals surface area contributed by atoms with Crippen molar-refractivity contribution < 1.29 is 4.79 Å². The van der Waals surface area contributed by atoms with E-state index >= 15 is 0 Å². The van der Waals surface area contributed by atoms with Crippen LogP contribution in [0.1, 0.15) is 26.6 Å². The van der Waals surface area contributed by atoms with Gasteiger partial charge in [0.1, 0.15) is 12.4 Å². The fourth-order valence-electron chi connectivity index (χ4n) is 2.91. The molecule has 0 aliphatic rings. The van der Waals surface area contributed by atoms with E-state index in [4.69, 9.17) is 0 Å². The van der Waals surface area contributed by atoms with Crippen molar-refractivity contribution >= 4 is 46.9 Å². The summed E-state index contributed by atoms with van der Waals surface area (Å²) >= 11 is 0. The van der Waals surface area contributed by atoms with Crippen LogP contribution in [0.5, 0.6) is 0 Å². The molecule has 1 heterocycles. The number of rotatable bonds is 7. The summed E-state index contributed by atoms with van der Waals surface area (Å²) in [6.07, 6.45) is 0. The number of likely N-dealkylation sites (N-methyl/N-ethyl adjacent to an activating group) is 2. The molecule has 0 saturated carbocycles. The van der Waals surface area contributed by atoms with Gasteiger partial charge in [-0.1, -0.05) is 12.1 Å². The quantitative estimate of drug-likeness (QED) is 0.371. The summed E-state index contributed by atoms with van der Waals surface area (Å²) in [5.41, 5.74) is 2.06. The van der Waals surface area contributed by atoms with Gasteiger partial charge in [-0.15, -0.1) is 24.0 Å². The molecule has 2 aromatic rings. The first-order valence-corrected chi connectivity index (χ1v) is 9.19. The van der Waals surface area contributed by atoms with Gasteiger partial charge in [-0.3, -0.25) is 4.79 Å². The summed E-state index contributed by atoms with van der Waals surface area (Å²) in [4.78, 5) is 25.4. The topological polar surface area (TPSA) is 65.8 Å². The molecule has 0 atom stereocenters. The molecule has 0 spiro atoms. The summed E-state index contributed by atoms with van der Waals surface area (Å²) < 4.78 is 2.06. The number of hydrogen-bond acceptors (Lipinski definition) is 3. The van der Waals surface area contributed by atoms with Crippen LogP contribution >= 0.6 is 24.0 Å². The predicted octanol–water partition coefficient (Wildman–Crippen LogP) is 2.46. The van der Waals surface area contributed by atoms with E-state index in [0.717, 1.165) is 36.5 Å². The third-order valence-electron chi connectivity index (χ3n) is 4.44. The molecule has 1 amide bonds. The fourth-order valence-corrected chi connectivity index (χ4v) is 2.91. The Kier molecular flexibility index (Phi) is 9.54. The van der Waals surface area contributed by atoms with Crippen LogP contribution in [-0.2, 0) is 18.4 Å². The van der Waals surface area contributed by atoms with Crippen molar-refractivity contribution in [1.82, 2.24) is 24.7 Å². The van der Waals surface area contributed by atoms with Crippen LogP contribution in [0.3, 0.4) is 0 Å². The lowest BCUT2D eigenvalue weighted by molar-refractivity contribution is -0.131. The highest BCUT2D eigenvalue weighted by Gasteiger charge is 2.15. The highest BCUT2D eigenvalue weighted by atomic mass is 127. The van der Waals surface area contributed by atoms with Gasteiger partial charge in [0.05, 0.1) is 17.6 Å². The van der Waals surface area contributed by atoms with Gasteiger partial charge in [-0.05, 0) is 32.9 Å². The lowest BCUT2D eigenvalue weighted by Crippen LogP contribution is -2.45. The molecule has 0 fully saturated rings. The maximum absolute atomic E-state index is 12.4. The number of halogens is 1. The largest absolute Gasteiger partial charge is 0.357 e. The van der Waals surface area contributed by atoms with Gasteiger partial charge < -0.3 is 19.7 Å². The van der Waals surface area contributed by atoms with Crippen molar-refractivity contribution in [3.8, 4) is 0 Å². The van der Waals surface area contributed by atoms with Gasteiger partial charge in [0.15, 0.2) is 5.96 Å². The van der Waals surface area contributed by atoms with E-state index in [1.165, 1.54) is 0 Å². The average molecular weight is 486 g/mol. The number of carbonyl (C=O) groups excluding carboxylic acids is 1. The molecule has 0 bridgehead atoms. The zero-order valence-corrected chi connectivity index (χ0v) is 19.2. The third-order valence-corrected chi connectivity index (χ3v) is 4.44. The number of aryl methyl sites for hydroxylation is 1. The lowest BCUT2D eigenvalue weighted by atomic mass is 10.3. The van der Waals surface area contributed by atoms with Gasteiger partial charge in [0.25, 0.3) is 0 Å². The lowest BCUT2D eigenvalue weighted by Gasteiger charge is -2.25. The minimum Gasteiger partial charge on any atom is -0.357 e. The molecule has 1 aromatic heterocycles. The molecular weight excluding hydrogens is 455 g/mol. The molecule has 1 aromatic carbocycles. The van der Waals surface area contributed by atoms with Crippen molar-refractivity contribution in [2.75, 3.05) is 33.2 Å². The minimum atomic E-state index is 0. The maximum Gasteiger partial charge on any atom is 0.242 e. The molecule has 7 nitrogen and oxygen atoms in total. The number of guanidine groups is 1. The van der Waals surface area contributed by atoms with E-state index in [9.17, 15) is 4.79 Å². The van der Waals surface area contributed by atoms with E-state index in [0.29, 0.717) is 19.0 Å². The molecule has 0 radical (unpaired) electrons. The minimum absolute atomic E-state index is 0. The summed E-state index contributed by atoms with van der Waals surface area (Å²) in [5.74, 6) is 1.70. The zero-order valence-electron chi connectivity index (χ0n) is 16.9. The Morgan fingerprint density at radius 1 is 1.22 bits per heavy atom. The van der Waals surface area contributed by atoms with Crippen LogP contribution in [0.2, 0.25) is 0 Å². The van der Waals surface area contributed by atoms with Crippen LogP contribution < -0.4 is 5.32 Å². The Morgan fingerprint density at radius 2 is 1.89 bits per heavy atom. The highest BCUT2D eigenvalue weighted by Crippen LogP contribution is 2.14. The molecule has 0 saturated heterocycles. The number of imidazole rings is 1. The second-order valence-corrected chi connectivity index (χ2v) is 6.17. The van der Waals surface area contributed by atoms with E-state index in [1.807, 2.05) is 62.9 Å². The third kappa shape index (κ3) is 5.82. The van der Waals surface area contributed by atoms with Crippen LogP contribution in [0.25, 0.3) is 11.0 Å². The van der Waals surface area contributed by atoms with E-state index in [1.54, 1.807) is 0 Å². The normalized spacial score (nSPS) is 11.2. The average Bonchev–Trinajstić information content (AvgIpc) is 2.96. The van der Waals surface area contributed by atoms with Gasteiger partial charge in [0.2, 0.25) is 5.91 Å². The molecule has 2 rings (SSSR count). The summed E-state index contributed by atoms with van der Waals surface area (Å²) in [5, 5.41) is 3.25. The first-order chi connectivity index (χ1) is 12.5. The highest BCUT2D eigenvalue weighted by molar-refractivity contribution is 14.0. The van der Waals surface area contributed by atoms with Crippen molar-refractivity contribution in [1.29, 1.82) is 0 Å². The van der Waals surface area contributed by atoms with Gasteiger partial charge in [0, 0.05) is 33.7 Å². The van der Waals surface area contributed by atoms with Crippen LogP contribution in [0.4, 0.5) is 0 Å². The predicted molar refractivity (Wildman–Crippen MR) is 122 cm³/mol. The van der Waals surface area contributed by atoms with E-state index in [-0.39, 0.29) is 29.9 Å². The number of para-hydroxylation sites is 2. The number of amides is 1. The van der Waals surface area contributed by atoms with E-state index < -0.39 is 0 Å². The summed E-state index contributed by atoms with van der Waals surface area (Å²) in [6.45, 7) is 8.94. The second-order valence-electron chi connectivity index (χ2n) is 6.17. The standard InChI is InChI=1S/C19H30N6O.HI/c1-6-20-19(23(4)14-18(26)25(7-2)8-3)21-13-17-22-15-11-9-10-12-16(15)24(17)5;/h9-12H,6-8,13-14H2,1-5H3,(H,20,21);1H. The van der Waals surface area contributed by atoms with Gasteiger partial charge >= 0.3 is 0 Å². The first-order valence-electron chi connectivity index (χ1n) is 9.19. The van der Waals surface area contributed by atoms with E-state index in [2.05, 4.69) is 25.9 Å². The number of hydrogen-bond donors (Lipinski definition) is 1. The Morgan fingerprint density at radius 3 is 2.48 bits per heavy atom. The van der Waals surface area contributed by atoms with Crippen molar-refractivity contribution in [3.05, 3.63) is 30.1 Å². The summed E-state index contributed by atoms with van der Waals surface area (Å²) in [6, 6.07) is 8.05. The van der Waals surface area contributed by atoms with Crippen molar-refractivity contribution in [2.45, 2.75) is 27.3 Å². The number of carbonyl (C=O) groups is 1. The maximum atomic E-state index is 12.4. The fraction of sp³-hybridized carbons (Fsp3) is 0.526. The monoisotopic (exact) mass is 486 g/mol.